The number of amidine groups is 1. The molecule has 2 aromatic carbocycles. The van der Waals surface area contributed by atoms with Gasteiger partial charge in [0, 0.05) is 56.0 Å². The van der Waals surface area contributed by atoms with Crippen molar-refractivity contribution in [1.29, 1.82) is 0 Å². The second kappa shape index (κ2) is 26.2. The maximum atomic E-state index is 12.3. The van der Waals surface area contributed by atoms with Crippen LogP contribution in [-0.4, -0.2) is 90.8 Å². The van der Waals surface area contributed by atoms with Crippen molar-refractivity contribution in [2.45, 2.75) is 94.4 Å². The van der Waals surface area contributed by atoms with Crippen LogP contribution < -0.4 is 19.6 Å². The average Bonchev–Trinajstić information content (AvgIpc) is 3.86. The number of hydrogen-bond donors (Lipinski definition) is 1. The zero-order valence-corrected chi connectivity index (χ0v) is 40.3. The highest BCUT2D eigenvalue weighted by molar-refractivity contribution is 6.34. The molecule has 1 atom stereocenters. The van der Waals surface area contributed by atoms with Crippen LogP contribution in [0, 0.1) is 67.0 Å². The summed E-state index contributed by atoms with van der Waals surface area (Å²) in [6.07, 6.45) is -10.3. The SMILES string of the molecule is CC1=NC(C(F)(F)F)N(C)N1.CCOc1cc(Cl)c(C)cc1Cl.Cc1c(F)cccc1F.Cc1nn(C)c(OC(F)F)c1C.Cc1nn(C)c(OCC(F)(F)F)c1C.Cc1nn(C)nc1C. The third kappa shape index (κ3) is 19.7. The molecule has 0 saturated carbocycles. The van der Waals surface area contributed by atoms with Gasteiger partial charge < -0.3 is 19.6 Å². The molecule has 0 bridgehead atoms. The zero-order valence-electron chi connectivity index (χ0n) is 38.7. The van der Waals surface area contributed by atoms with Gasteiger partial charge >= 0.3 is 19.0 Å². The minimum absolute atomic E-state index is 0.0810. The van der Waals surface area contributed by atoms with Crippen LogP contribution in [0.2, 0.25) is 10.0 Å². The van der Waals surface area contributed by atoms with E-state index in [9.17, 15) is 43.9 Å². The molecule has 0 amide bonds. The van der Waals surface area contributed by atoms with Crippen LogP contribution in [0.25, 0.3) is 0 Å². The van der Waals surface area contributed by atoms with Gasteiger partial charge in [0.1, 0.15) is 23.2 Å². The molecule has 13 nitrogen and oxygen atoms in total. The van der Waals surface area contributed by atoms with E-state index in [1.165, 1.54) is 48.5 Å². The summed E-state index contributed by atoms with van der Waals surface area (Å²) in [6, 6.07) is 7.35. The highest BCUT2D eigenvalue weighted by Gasteiger charge is 2.45. The maximum Gasteiger partial charge on any atom is 0.425 e. The Bertz CT molecular complexity index is 2290. The predicted molar refractivity (Wildman–Crippen MR) is 231 cm³/mol. The number of nitrogens with one attached hydrogen (secondary N) is 1. The topological polar surface area (TPSA) is 122 Å². The van der Waals surface area contributed by atoms with Crippen LogP contribution >= 0.6 is 23.2 Å². The quantitative estimate of drug-likeness (QED) is 0.166. The van der Waals surface area contributed by atoms with Crippen molar-refractivity contribution in [2.24, 2.45) is 26.1 Å². The van der Waals surface area contributed by atoms with Gasteiger partial charge in [-0.1, -0.05) is 29.3 Å². The van der Waals surface area contributed by atoms with E-state index in [1.807, 2.05) is 34.7 Å². The molecule has 66 heavy (non-hydrogen) atoms. The molecule has 0 spiro atoms. The Morgan fingerprint density at radius 1 is 0.682 bits per heavy atom. The van der Waals surface area contributed by atoms with E-state index in [0.717, 1.165) is 22.0 Å². The van der Waals surface area contributed by atoms with Crippen molar-refractivity contribution in [3.63, 3.8) is 0 Å². The van der Waals surface area contributed by atoms with Crippen molar-refractivity contribution < 1.29 is 58.1 Å². The third-order valence-electron chi connectivity index (χ3n) is 8.63. The molecule has 0 aliphatic carbocycles. The predicted octanol–water partition coefficient (Wildman–Crippen LogP) is 10.8. The summed E-state index contributed by atoms with van der Waals surface area (Å²) < 4.78 is 137. The Morgan fingerprint density at radius 2 is 1.17 bits per heavy atom. The first-order valence-corrected chi connectivity index (χ1v) is 20.1. The number of aliphatic imine (C=N–C) groups is 1. The minimum atomic E-state index is -4.31. The number of halogens is 12. The molecular formula is C41H54Cl2F10N10O3. The molecule has 1 aliphatic heterocycles. The number of rotatable bonds is 6. The summed E-state index contributed by atoms with van der Waals surface area (Å²) >= 11 is 11.8. The molecular weight excluding hydrogens is 941 g/mol. The minimum Gasteiger partial charge on any atom is -0.492 e. The van der Waals surface area contributed by atoms with Gasteiger partial charge in [-0.15, -0.1) is 0 Å². The molecule has 1 unspecified atom stereocenters. The number of aryl methyl sites for hydroxylation is 8. The lowest BCUT2D eigenvalue weighted by atomic mass is 10.2. The number of benzene rings is 2. The molecule has 3 aromatic heterocycles. The normalized spacial score (nSPS) is 13.3. The van der Waals surface area contributed by atoms with Crippen molar-refractivity contribution in [2.75, 3.05) is 20.3 Å². The van der Waals surface area contributed by atoms with Crippen molar-refractivity contribution in [3.8, 4) is 17.5 Å². The Kier molecular flexibility index (Phi) is 23.3. The second-order valence-corrected chi connectivity index (χ2v) is 14.9. The average molecular weight is 996 g/mol. The van der Waals surface area contributed by atoms with Crippen LogP contribution in [0.5, 0.6) is 17.5 Å². The summed E-state index contributed by atoms with van der Waals surface area (Å²) in [6.45, 7) is 14.0. The fraction of sp³-hybridized carbons (Fsp3) is 0.488. The smallest absolute Gasteiger partial charge is 0.425 e. The van der Waals surface area contributed by atoms with E-state index in [2.05, 4.69) is 40.3 Å². The lowest BCUT2D eigenvalue weighted by Gasteiger charge is -2.19. The first kappa shape index (κ1) is 58.7. The molecule has 1 aliphatic rings. The van der Waals surface area contributed by atoms with Gasteiger partial charge in [0.2, 0.25) is 17.9 Å². The maximum absolute atomic E-state index is 12.3. The van der Waals surface area contributed by atoms with Crippen LogP contribution in [0.3, 0.4) is 0 Å². The Balaban J connectivity index is 0.000000399. The number of aromatic nitrogens is 7. The Morgan fingerprint density at radius 3 is 1.48 bits per heavy atom. The summed E-state index contributed by atoms with van der Waals surface area (Å²) in [4.78, 5) is 4.92. The second-order valence-electron chi connectivity index (χ2n) is 14.1. The summed E-state index contributed by atoms with van der Waals surface area (Å²) in [5.74, 6) is 0.247. The van der Waals surface area contributed by atoms with Crippen LogP contribution in [0.1, 0.15) is 58.9 Å². The fourth-order valence-corrected chi connectivity index (χ4v) is 5.50. The van der Waals surface area contributed by atoms with E-state index in [1.54, 1.807) is 58.7 Å². The Hall–Kier alpha value is -5.29. The van der Waals surface area contributed by atoms with E-state index in [-0.39, 0.29) is 23.2 Å². The number of hydrazine groups is 1. The summed E-state index contributed by atoms with van der Waals surface area (Å²) in [5, 5.41) is 18.1. The molecule has 0 saturated heterocycles. The van der Waals surface area contributed by atoms with Gasteiger partial charge in [-0.3, -0.25) is 0 Å². The zero-order chi connectivity index (χ0) is 51.0. The number of ether oxygens (including phenoxy) is 3. The summed E-state index contributed by atoms with van der Waals surface area (Å²) in [7, 11) is 6.24. The van der Waals surface area contributed by atoms with Gasteiger partial charge in [0.15, 0.2) is 6.61 Å². The van der Waals surface area contributed by atoms with Crippen molar-refractivity contribution >= 4 is 29.0 Å². The van der Waals surface area contributed by atoms with Gasteiger partial charge in [-0.25, -0.2) is 23.1 Å². The first-order valence-electron chi connectivity index (χ1n) is 19.4. The molecule has 0 radical (unpaired) electrons. The molecule has 1 N–H and O–H groups in total. The van der Waals surface area contributed by atoms with Crippen LogP contribution in [0.4, 0.5) is 43.9 Å². The molecule has 370 valence electrons. The lowest BCUT2D eigenvalue weighted by Crippen LogP contribution is -2.44. The van der Waals surface area contributed by atoms with E-state index < -0.39 is 43.4 Å². The highest BCUT2D eigenvalue weighted by atomic mass is 35.5. The number of nitrogens with zero attached hydrogens (tertiary/aromatic N) is 9. The number of hydrogen-bond acceptors (Lipinski definition) is 10. The van der Waals surface area contributed by atoms with Crippen molar-refractivity contribution in [3.05, 3.63) is 97.0 Å². The molecule has 25 heteroatoms. The van der Waals surface area contributed by atoms with Gasteiger partial charge in [-0.05, 0) is 93.0 Å². The Labute approximate surface area is 386 Å². The fourth-order valence-electron chi connectivity index (χ4n) is 5.07. The number of alkyl halides is 8. The van der Waals surface area contributed by atoms with E-state index in [4.69, 9.17) is 27.9 Å². The lowest BCUT2D eigenvalue weighted by molar-refractivity contribution is -0.177. The van der Waals surface area contributed by atoms with Gasteiger partial charge in [0.05, 0.1) is 34.4 Å². The monoisotopic (exact) mass is 994 g/mol. The highest BCUT2D eigenvalue weighted by Crippen LogP contribution is 2.31. The molecule has 5 aromatic rings. The first-order chi connectivity index (χ1) is 30.3. The van der Waals surface area contributed by atoms with Crippen LogP contribution in [0.15, 0.2) is 35.3 Å². The van der Waals surface area contributed by atoms with Gasteiger partial charge in [0.25, 0.3) is 0 Å². The van der Waals surface area contributed by atoms with Crippen molar-refractivity contribution in [1.82, 2.24) is 45.0 Å². The van der Waals surface area contributed by atoms with E-state index in [0.29, 0.717) is 44.9 Å². The van der Waals surface area contributed by atoms with Crippen LogP contribution in [-0.2, 0) is 21.1 Å². The molecule has 4 heterocycles. The third-order valence-corrected chi connectivity index (χ3v) is 9.33. The summed E-state index contributed by atoms with van der Waals surface area (Å²) in [5.41, 5.74) is 8.15. The largest absolute Gasteiger partial charge is 0.492 e. The standard InChI is InChI=1S/C9H10Cl2O.C8H11F3N2O.C7H10F2N2O.C7H6F2.C5H8F3N3.C5H9N3/c1-3-12-9-5-7(10)6(2)4-8(9)11;1-5-6(2)12-13(3)7(5)14-4-8(9,10)11;1-4-5(2)10-11(3)6(4)12-7(8)9;1-5-6(8)3-2-4-7(5)9;1-3-9-4(5(6,7)8)11(2)10-3;1-4-5(2)7-8(3)6-4/h4-5H,3H2,1-2H3;4H2,1-3H3;7H,1-3H3;2-4H,1H3;4H,1-2H3,(H,9,10);1-3H3. The van der Waals surface area contributed by atoms with Gasteiger partial charge in [-0.2, -0.15) is 65.3 Å². The molecule has 0 fully saturated rings. The van der Waals surface area contributed by atoms with E-state index >= 15 is 0 Å². The molecule has 6 rings (SSSR count).